The second kappa shape index (κ2) is 7.32. The van der Waals surface area contributed by atoms with Gasteiger partial charge in [0.25, 0.3) is 0 Å². The van der Waals surface area contributed by atoms with Gasteiger partial charge in [-0.25, -0.2) is 13.4 Å². The molecule has 0 atom stereocenters. The van der Waals surface area contributed by atoms with E-state index in [-0.39, 0.29) is 19.0 Å². The number of halogens is 3. The molecule has 5 nitrogen and oxygen atoms in total. The molecule has 9 heteroatoms. The van der Waals surface area contributed by atoms with E-state index in [0.717, 1.165) is 34.9 Å². The highest BCUT2D eigenvalue weighted by atomic mass is 32.2. The molecule has 0 N–H and O–H groups in total. The van der Waals surface area contributed by atoms with Crippen LogP contribution in [-0.4, -0.2) is 36.9 Å². The van der Waals surface area contributed by atoms with Gasteiger partial charge in [-0.15, -0.1) is 0 Å². The maximum atomic E-state index is 12.7. The van der Waals surface area contributed by atoms with Crippen molar-refractivity contribution in [1.82, 2.24) is 9.29 Å². The molecule has 0 aliphatic carbocycles. The highest BCUT2D eigenvalue weighted by molar-refractivity contribution is 7.92. The first-order valence-corrected chi connectivity index (χ1v) is 9.59. The van der Waals surface area contributed by atoms with E-state index >= 15 is 0 Å². The van der Waals surface area contributed by atoms with Gasteiger partial charge in [0, 0.05) is 17.7 Å². The second-order valence-electron chi connectivity index (χ2n) is 6.20. The average molecular weight is 398 g/mol. The SMILES string of the molecule is Cc1ccc(/C=C/S(=O)(=O)N2CC(Oc3cc(C(F)(F)F)ccn3)C2)cc1. The minimum atomic E-state index is -4.49. The summed E-state index contributed by atoms with van der Waals surface area (Å²) in [7, 11) is -3.62. The summed E-state index contributed by atoms with van der Waals surface area (Å²) in [6.07, 6.45) is -2.52. The molecule has 3 rings (SSSR count). The van der Waals surface area contributed by atoms with Gasteiger partial charge in [-0.1, -0.05) is 29.8 Å². The highest BCUT2D eigenvalue weighted by Crippen LogP contribution is 2.31. The first kappa shape index (κ1) is 19.4. The molecular formula is C18H17F3N2O3S. The zero-order valence-corrected chi connectivity index (χ0v) is 15.2. The van der Waals surface area contributed by atoms with Gasteiger partial charge < -0.3 is 4.74 Å². The van der Waals surface area contributed by atoms with E-state index in [2.05, 4.69) is 4.98 Å². The third-order valence-electron chi connectivity index (χ3n) is 4.03. The summed E-state index contributed by atoms with van der Waals surface area (Å²) in [4.78, 5) is 3.74. The second-order valence-corrected chi connectivity index (χ2v) is 8.01. The van der Waals surface area contributed by atoms with E-state index in [4.69, 9.17) is 4.74 Å². The third kappa shape index (κ3) is 4.86. The largest absolute Gasteiger partial charge is 0.472 e. The fourth-order valence-electron chi connectivity index (χ4n) is 2.43. The third-order valence-corrected chi connectivity index (χ3v) is 5.53. The van der Waals surface area contributed by atoms with Gasteiger partial charge in [0.05, 0.1) is 18.7 Å². The normalized spacial score (nSPS) is 16.4. The smallest absolute Gasteiger partial charge is 0.416 e. The predicted molar refractivity (Wildman–Crippen MR) is 94.4 cm³/mol. The zero-order valence-electron chi connectivity index (χ0n) is 14.3. The lowest BCUT2D eigenvalue weighted by molar-refractivity contribution is -0.137. The number of hydrogen-bond donors (Lipinski definition) is 0. The number of rotatable bonds is 5. The van der Waals surface area contributed by atoms with E-state index < -0.39 is 27.9 Å². The van der Waals surface area contributed by atoms with Gasteiger partial charge in [0.2, 0.25) is 15.9 Å². The van der Waals surface area contributed by atoms with Gasteiger partial charge in [0.15, 0.2) is 0 Å². The number of alkyl halides is 3. The van der Waals surface area contributed by atoms with E-state index in [1.807, 2.05) is 31.2 Å². The van der Waals surface area contributed by atoms with E-state index in [1.165, 1.54) is 10.4 Å². The molecule has 144 valence electrons. The van der Waals surface area contributed by atoms with Crippen LogP contribution in [0.1, 0.15) is 16.7 Å². The van der Waals surface area contributed by atoms with Crippen molar-refractivity contribution in [1.29, 1.82) is 0 Å². The van der Waals surface area contributed by atoms with Crippen LogP contribution in [0.5, 0.6) is 5.88 Å². The fraction of sp³-hybridized carbons (Fsp3) is 0.278. The van der Waals surface area contributed by atoms with Crippen LogP contribution in [0.25, 0.3) is 6.08 Å². The van der Waals surface area contributed by atoms with Crippen LogP contribution in [0.2, 0.25) is 0 Å². The van der Waals surface area contributed by atoms with Gasteiger partial charge in [-0.2, -0.15) is 17.5 Å². The molecule has 0 radical (unpaired) electrons. The summed E-state index contributed by atoms with van der Waals surface area (Å²) >= 11 is 0. The number of hydrogen-bond acceptors (Lipinski definition) is 4. The van der Waals surface area contributed by atoms with Gasteiger partial charge in [-0.3, -0.25) is 0 Å². The Labute approximate surface area is 155 Å². The van der Waals surface area contributed by atoms with Crippen LogP contribution in [0.15, 0.2) is 48.0 Å². The molecule has 0 saturated carbocycles. The molecule has 0 bridgehead atoms. The van der Waals surface area contributed by atoms with E-state index in [0.29, 0.717) is 0 Å². The quantitative estimate of drug-likeness (QED) is 0.774. The lowest BCUT2D eigenvalue weighted by Gasteiger charge is -2.36. The Morgan fingerprint density at radius 3 is 2.48 bits per heavy atom. The number of sulfonamides is 1. The summed E-state index contributed by atoms with van der Waals surface area (Å²) in [6.45, 7) is 2.04. The van der Waals surface area contributed by atoms with Gasteiger partial charge in [0.1, 0.15) is 6.10 Å². The van der Waals surface area contributed by atoms with Crippen molar-refractivity contribution in [3.63, 3.8) is 0 Å². The van der Waals surface area contributed by atoms with Gasteiger partial charge in [-0.05, 0) is 24.6 Å². The predicted octanol–water partition coefficient (Wildman–Crippen LogP) is 3.47. The first-order chi connectivity index (χ1) is 12.6. The fourth-order valence-corrected chi connectivity index (χ4v) is 3.68. The number of pyridine rings is 1. The molecule has 0 unspecified atom stereocenters. The molecule has 0 spiro atoms. The monoisotopic (exact) mass is 398 g/mol. The summed E-state index contributed by atoms with van der Waals surface area (Å²) in [6, 6.07) is 9.02. The number of nitrogens with zero attached hydrogens (tertiary/aromatic N) is 2. The molecule has 1 saturated heterocycles. The highest BCUT2D eigenvalue weighted by Gasteiger charge is 2.37. The van der Waals surface area contributed by atoms with Crippen molar-refractivity contribution in [2.75, 3.05) is 13.1 Å². The number of benzene rings is 1. The molecule has 1 aromatic heterocycles. The number of ether oxygens (including phenoxy) is 1. The van der Waals surface area contributed by atoms with Crippen LogP contribution < -0.4 is 4.74 Å². The minimum absolute atomic E-state index is 0.0541. The number of aryl methyl sites for hydroxylation is 1. The molecule has 1 aliphatic heterocycles. The lowest BCUT2D eigenvalue weighted by atomic mass is 10.2. The van der Waals surface area contributed by atoms with Crippen LogP contribution >= 0.6 is 0 Å². The van der Waals surface area contributed by atoms with Crippen molar-refractivity contribution < 1.29 is 26.3 Å². The molecule has 1 aromatic carbocycles. The van der Waals surface area contributed by atoms with Crippen molar-refractivity contribution in [3.05, 3.63) is 64.7 Å². The Morgan fingerprint density at radius 1 is 1.19 bits per heavy atom. The zero-order chi connectivity index (χ0) is 19.7. The Hall–Kier alpha value is -2.39. The Kier molecular flexibility index (Phi) is 5.25. The van der Waals surface area contributed by atoms with Crippen molar-refractivity contribution in [3.8, 4) is 5.88 Å². The summed E-state index contributed by atoms with van der Waals surface area (Å²) in [5, 5.41) is 1.11. The average Bonchev–Trinajstić information content (AvgIpc) is 2.56. The van der Waals surface area contributed by atoms with Crippen molar-refractivity contribution in [2.24, 2.45) is 0 Å². The van der Waals surface area contributed by atoms with Crippen LogP contribution in [0, 0.1) is 6.92 Å². The van der Waals surface area contributed by atoms with Crippen molar-refractivity contribution in [2.45, 2.75) is 19.2 Å². The van der Waals surface area contributed by atoms with Gasteiger partial charge >= 0.3 is 6.18 Å². The maximum Gasteiger partial charge on any atom is 0.416 e. The Morgan fingerprint density at radius 2 is 1.85 bits per heavy atom. The van der Waals surface area contributed by atoms with Crippen LogP contribution in [-0.2, 0) is 16.2 Å². The van der Waals surface area contributed by atoms with E-state index in [9.17, 15) is 21.6 Å². The minimum Gasteiger partial charge on any atom is -0.472 e. The molecular weight excluding hydrogens is 381 g/mol. The summed E-state index contributed by atoms with van der Waals surface area (Å²) in [5.74, 6) is -0.179. The maximum absolute atomic E-state index is 12.7. The standard InChI is InChI=1S/C18H17F3N2O3S/c1-13-2-4-14(5-3-13)7-9-27(24,25)23-11-16(12-23)26-17-10-15(6-8-22-17)18(19,20)21/h2-10,16H,11-12H2,1H3/b9-7+. The Bertz CT molecular complexity index is 935. The first-order valence-electron chi connectivity index (χ1n) is 8.08. The van der Waals surface area contributed by atoms with Crippen LogP contribution in [0.3, 0.4) is 0 Å². The summed E-state index contributed by atoms with van der Waals surface area (Å²) in [5.41, 5.74) is 0.962. The molecule has 1 fully saturated rings. The molecule has 0 amide bonds. The lowest BCUT2D eigenvalue weighted by Crippen LogP contribution is -2.55. The molecule has 2 heterocycles. The van der Waals surface area contributed by atoms with E-state index in [1.54, 1.807) is 0 Å². The van der Waals surface area contributed by atoms with Crippen molar-refractivity contribution >= 4 is 16.1 Å². The number of aromatic nitrogens is 1. The molecule has 2 aromatic rings. The Balaban J connectivity index is 1.58. The molecule has 1 aliphatic rings. The summed E-state index contributed by atoms with van der Waals surface area (Å²) < 4.78 is 69.1. The topological polar surface area (TPSA) is 59.5 Å². The molecule has 27 heavy (non-hydrogen) atoms. The van der Waals surface area contributed by atoms with Crippen LogP contribution in [0.4, 0.5) is 13.2 Å².